The van der Waals surface area contributed by atoms with Crippen LogP contribution in [-0.4, -0.2) is 19.9 Å². The Bertz CT molecular complexity index is 663. The van der Waals surface area contributed by atoms with Gasteiger partial charge in [0.2, 0.25) is 0 Å². The van der Waals surface area contributed by atoms with E-state index in [0.29, 0.717) is 17.9 Å². The average Bonchev–Trinajstić information content (AvgIpc) is 3.20. The fourth-order valence-corrected chi connectivity index (χ4v) is 3.27. The second-order valence-corrected chi connectivity index (χ2v) is 8.63. The molecule has 0 saturated heterocycles. The van der Waals surface area contributed by atoms with E-state index in [1.807, 2.05) is 20.8 Å². The van der Waals surface area contributed by atoms with Gasteiger partial charge in [0.05, 0.1) is 4.90 Å². The minimum absolute atomic E-state index is 0.0456. The van der Waals surface area contributed by atoms with Crippen LogP contribution >= 0.6 is 10.7 Å². The highest BCUT2D eigenvalue weighted by atomic mass is 35.7. The lowest BCUT2D eigenvalue weighted by atomic mass is 9.97. The number of nitrogens with one attached hydrogen (secondary N) is 1. The molecule has 4 nitrogen and oxygen atoms in total. The monoisotopic (exact) mass is 329 g/mol. The van der Waals surface area contributed by atoms with Crippen LogP contribution in [-0.2, 0) is 15.5 Å². The van der Waals surface area contributed by atoms with Crippen molar-refractivity contribution in [1.82, 2.24) is 5.32 Å². The zero-order valence-electron chi connectivity index (χ0n) is 12.4. The molecule has 2 rings (SSSR count). The summed E-state index contributed by atoms with van der Waals surface area (Å²) >= 11 is 0. The zero-order chi connectivity index (χ0) is 15.8. The third-order valence-electron chi connectivity index (χ3n) is 4.02. The van der Waals surface area contributed by atoms with Crippen LogP contribution in [0.4, 0.5) is 0 Å². The molecule has 1 aliphatic rings. The normalized spacial score (nSPS) is 15.8. The minimum Gasteiger partial charge on any atom is -0.347 e. The van der Waals surface area contributed by atoms with E-state index >= 15 is 0 Å². The van der Waals surface area contributed by atoms with E-state index in [1.165, 1.54) is 12.1 Å². The van der Waals surface area contributed by atoms with Crippen molar-refractivity contribution in [2.45, 2.75) is 50.5 Å². The summed E-state index contributed by atoms with van der Waals surface area (Å²) in [5.74, 6) is 0.248. The average molecular weight is 330 g/mol. The Labute approximate surface area is 130 Å². The summed E-state index contributed by atoms with van der Waals surface area (Å²) in [6, 6.07) is 4.44. The Morgan fingerprint density at radius 2 is 2.00 bits per heavy atom. The molecule has 1 aliphatic carbocycles. The zero-order valence-corrected chi connectivity index (χ0v) is 14.0. The fraction of sp³-hybridized carbons (Fsp3) is 0.533. The highest BCUT2D eigenvalue weighted by Gasteiger charge is 2.39. The molecule has 1 fully saturated rings. The third-order valence-corrected chi connectivity index (χ3v) is 5.37. The van der Waals surface area contributed by atoms with Gasteiger partial charge in [-0.2, -0.15) is 0 Å². The lowest BCUT2D eigenvalue weighted by molar-refractivity contribution is 0.0902. The molecule has 1 aromatic rings. The maximum Gasteiger partial charge on any atom is 0.261 e. The molecule has 0 aromatic heterocycles. The van der Waals surface area contributed by atoms with Crippen LogP contribution in [0.25, 0.3) is 0 Å². The van der Waals surface area contributed by atoms with E-state index in [-0.39, 0.29) is 16.3 Å². The van der Waals surface area contributed by atoms with Gasteiger partial charge in [-0.3, -0.25) is 4.79 Å². The lowest BCUT2D eigenvalue weighted by Gasteiger charge is -2.26. The number of aryl methyl sites for hydroxylation is 1. The van der Waals surface area contributed by atoms with Crippen LogP contribution in [0.1, 0.15) is 49.5 Å². The van der Waals surface area contributed by atoms with Gasteiger partial charge in [0.1, 0.15) is 0 Å². The predicted molar refractivity (Wildman–Crippen MR) is 83.1 cm³/mol. The Balaban J connectivity index is 2.34. The SMILES string of the molecule is CCc1ccc(S(=O)(=O)Cl)cc1C(=O)NC(C)(C)C1CC1. The number of hydrogen-bond acceptors (Lipinski definition) is 3. The molecule has 0 radical (unpaired) electrons. The highest BCUT2D eigenvalue weighted by molar-refractivity contribution is 8.13. The second kappa shape index (κ2) is 5.61. The second-order valence-electron chi connectivity index (χ2n) is 6.06. The topological polar surface area (TPSA) is 63.2 Å². The molecule has 21 heavy (non-hydrogen) atoms. The molecule has 1 N–H and O–H groups in total. The summed E-state index contributed by atoms with van der Waals surface area (Å²) < 4.78 is 22.9. The number of hydrogen-bond donors (Lipinski definition) is 1. The van der Waals surface area contributed by atoms with Crippen molar-refractivity contribution in [2.75, 3.05) is 0 Å². The number of carbonyl (C=O) groups is 1. The Morgan fingerprint density at radius 1 is 1.38 bits per heavy atom. The number of halogens is 1. The predicted octanol–water partition coefficient (Wildman–Crippen LogP) is 3.09. The van der Waals surface area contributed by atoms with E-state index in [4.69, 9.17) is 10.7 Å². The molecule has 0 atom stereocenters. The fourth-order valence-electron chi connectivity index (χ4n) is 2.49. The van der Waals surface area contributed by atoms with Crippen LogP contribution in [0, 0.1) is 5.92 Å². The highest BCUT2D eigenvalue weighted by Crippen LogP contribution is 2.39. The van der Waals surface area contributed by atoms with Crippen LogP contribution in [0.5, 0.6) is 0 Å². The smallest absolute Gasteiger partial charge is 0.261 e. The summed E-state index contributed by atoms with van der Waals surface area (Å²) in [5, 5.41) is 3.01. The Kier molecular flexibility index (Phi) is 4.36. The number of rotatable bonds is 5. The summed E-state index contributed by atoms with van der Waals surface area (Å²) in [7, 11) is 1.53. The van der Waals surface area contributed by atoms with Crippen LogP contribution in [0.15, 0.2) is 23.1 Å². The first kappa shape index (κ1) is 16.3. The Morgan fingerprint density at radius 3 is 2.48 bits per heavy atom. The van der Waals surface area contributed by atoms with Crippen LogP contribution < -0.4 is 5.32 Å². The van der Waals surface area contributed by atoms with Crippen molar-refractivity contribution in [1.29, 1.82) is 0 Å². The minimum atomic E-state index is -3.84. The number of benzene rings is 1. The first-order chi connectivity index (χ1) is 9.65. The standard InChI is InChI=1S/C15H20ClNO3S/c1-4-10-5-8-12(21(16,19)20)9-13(10)14(18)17-15(2,3)11-6-7-11/h5,8-9,11H,4,6-7H2,1-3H3,(H,17,18). The molecule has 1 aromatic carbocycles. The van der Waals surface area contributed by atoms with Crippen molar-refractivity contribution < 1.29 is 13.2 Å². The largest absolute Gasteiger partial charge is 0.347 e. The van der Waals surface area contributed by atoms with Crippen molar-refractivity contribution in [3.8, 4) is 0 Å². The maximum absolute atomic E-state index is 12.5. The third kappa shape index (κ3) is 3.77. The van der Waals surface area contributed by atoms with E-state index < -0.39 is 9.05 Å². The summed E-state index contributed by atoms with van der Waals surface area (Å²) in [4.78, 5) is 12.5. The summed E-state index contributed by atoms with van der Waals surface area (Å²) in [6.45, 7) is 5.92. The van der Waals surface area contributed by atoms with Gasteiger partial charge in [-0.25, -0.2) is 8.42 Å². The van der Waals surface area contributed by atoms with Gasteiger partial charge in [0.15, 0.2) is 0 Å². The summed E-state index contributed by atoms with van der Waals surface area (Å²) in [5.41, 5.74) is 0.911. The van der Waals surface area contributed by atoms with Crippen molar-refractivity contribution in [3.05, 3.63) is 29.3 Å². The quantitative estimate of drug-likeness (QED) is 0.844. The van der Waals surface area contributed by atoms with Gasteiger partial charge in [-0.05, 0) is 56.7 Å². The molecular formula is C15H20ClNO3S. The van der Waals surface area contributed by atoms with Crippen molar-refractivity contribution in [2.24, 2.45) is 5.92 Å². The molecule has 116 valence electrons. The van der Waals surface area contributed by atoms with Gasteiger partial charge >= 0.3 is 0 Å². The van der Waals surface area contributed by atoms with E-state index in [9.17, 15) is 13.2 Å². The van der Waals surface area contributed by atoms with Crippen molar-refractivity contribution in [3.63, 3.8) is 0 Å². The first-order valence-corrected chi connectivity index (χ1v) is 9.36. The summed E-state index contributed by atoms with van der Waals surface area (Å²) in [6.07, 6.45) is 2.88. The molecule has 0 aliphatic heterocycles. The number of amides is 1. The maximum atomic E-state index is 12.5. The molecule has 6 heteroatoms. The molecule has 0 bridgehead atoms. The molecule has 0 unspecified atom stereocenters. The first-order valence-electron chi connectivity index (χ1n) is 7.05. The number of carbonyl (C=O) groups excluding carboxylic acids is 1. The van der Waals surface area contributed by atoms with Crippen LogP contribution in [0.3, 0.4) is 0 Å². The van der Waals surface area contributed by atoms with E-state index in [1.54, 1.807) is 6.07 Å². The molecular weight excluding hydrogens is 310 g/mol. The van der Waals surface area contributed by atoms with Crippen LogP contribution in [0.2, 0.25) is 0 Å². The van der Waals surface area contributed by atoms with Gasteiger partial charge < -0.3 is 5.32 Å². The van der Waals surface area contributed by atoms with Gasteiger partial charge in [0, 0.05) is 21.8 Å². The Hall–Kier alpha value is -1.07. The van der Waals surface area contributed by atoms with E-state index in [2.05, 4.69) is 5.32 Å². The molecule has 1 saturated carbocycles. The van der Waals surface area contributed by atoms with Gasteiger partial charge in [-0.1, -0.05) is 13.0 Å². The molecule has 1 amide bonds. The molecule has 0 spiro atoms. The van der Waals surface area contributed by atoms with E-state index in [0.717, 1.165) is 18.4 Å². The van der Waals surface area contributed by atoms with Crippen molar-refractivity contribution >= 4 is 25.6 Å². The molecule has 0 heterocycles. The van der Waals surface area contributed by atoms with Gasteiger partial charge in [-0.15, -0.1) is 0 Å². The lowest BCUT2D eigenvalue weighted by Crippen LogP contribution is -2.45. The van der Waals surface area contributed by atoms with Gasteiger partial charge in [0.25, 0.3) is 15.0 Å².